The molecule has 1 aromatic carbocycles. The lowest BCUT2D eigenvalue weighted by Gasteiger charge is -2.22. The fraction of sp³-hybridized carbons (Fsp3) is 0.462. The molecule has 1 rings (SSSR count). The third kappa shape index (κ3) is 3.66. The second-order valence-electron chi connectivity index (χ2n) is 4.49. The molecule has 0 aliphatic rings. The van der Waals surface area contributed by atoms with Crippen molar-refractivity contribution in [2.75, 3.05) is 6.54 Å². The number of nitrogens with zero attached hydrogens (tertiary/aromatic N) is 1. The Kier molecular flexibility index (Phi) is 4.82. The molecular formula is C13H17NO3. The van der Waals surface area contributed by atoms with Crippen LogP contribution in [0.3, 0.4) is 0 Å². The molecule has 92 valence electrons. The van der Waals surface area contributed by atoms with Crippen LogP contribution in [-0.4, -0.2) is 17.8 Å². The molecule has 0 bridgehead atoms. The normalized spacial score (nSPS) is 14.3. The van der Waals surface area contributed by atoms with Crippen LogP contribution in [0.5, 0.6) is 0 Å². The summed E-state index contributed by atoms with van der Waals surface area (Å²) in [5.41, 5.74) is 0.856. The molecule has 1 aromatic rings. The van der Waals surface area contributed by atoms with Crippen LogP contribution in [0.2, 0.25) is 0 Å². The van der Waals surface area contributed by atoms with Crippen molar-refractivity contribution in [2.24, 2.45) is 11.8 Å². The van der Waals surface area contributed by atoms with Crippen molar-refractivity contribution in [3.8, 4) is 0 Å². The quantitative estimate of drug-likeness (QED) is 0.432. The van der Waals surface area contributed by atoms with Crippen molar-refractivity contribution in [1.82, 2.24) is 0 Å². The topological polar surface area (TPSA) is 60.2 Å². The summed E-state index contributed by atoms with van der Waals surface area (Å²) < 4.78 is 0. The first-order valence-electron chi connectivity index (χ1n) is 5.68. The number of hydrogen-bond donors (Lipinski definition) is 0. The first-order valence-corrected chi connectivity index (χ1v) is 5.68. The van der Waals surface area contributed by atoms with Gasteiger partial charge in [0.25, 0.3) is 0 Å². The van der Waals surface area contributed by atoms with E-state index in [0.29, 0.717) is 0 Å². The molecule has 17 heavy (non-hydrogen) atoms. The highest BCUT2D eigenvalue weighted by molar-refractivity contribution is 5.56. The fourth-order valence-corrected chi connectivity index (χ4v) is 2.03. The maximum atomic E-state index is 11.1. The molecule has 0 saturated heterocycles. The summed E-state index contributed by atoms with van der Waals surface area (Å²) in [4.78, 5) is 21.5. The summed E-state index contributed by atoms with van der Waals surface area (Å²) in [6.45, 7) is 3.62. The third-order valence-corrected chi connectivity index (χ3v) is 2.97. The van der Waals surface area contributed by atoms with Crippen molar-refractivity contribution in [2.45, 2.75) is 19.8 Å². The molecule has 0 heterocycles. The Bertz CT molecular complexity index is 376. The summed E-state index contributed by atoms with van der Waals surface area (Å²) in [7, 11) is 0. The molecule has 4 heteroatoms. The molecular weight excluding hydrogens is 218 g/mol. The van der Waals surface area contributed by atoms with Crippen LogP contribution >= 0.6 is 0 Å². The van der Waals surface area contributed by atoms with Gasteiger partial charge >= 0.3 is 0 Å². The highest BCUT2D eigenvalue weighted by Gasteiger charge is 2.29. The van der Waals surface area contributed by atoms with Gasteiger partial charge in [-0.15, -0.1) is 0 Å². The molecule has 0 N–H and O–H groups in total. The molecule has 0 amide bonds. The number of benzene rings is 1. The first-order chi connectivity index (χ1) is 8.06. The molecule has 0 radical (unpaired) electrons. The lowest BCUT2D eigenvalue weighted by Crippen LogP contribution is -2.26. The minimum absolute atomic E-state index is 0.0951. The van der Waals surface area contributed by atoms with E-state index in [2.05, 4.69) is 0 Å². The zero-order valence-electron chi connectivity index (χ0n) is 10.1. The van der Waals surface area contributed by atoms with E-state index >= 15 is 0 Å². The molecule has 0 aliphatic carbocycles. The zero-order valence-corrected chi connectivity index (χ0v) is 10.1. The average molecular weight is 235 g/mol. The second-order valence-corrected chi connectivity index (χ2v) is 4.49. The van der Waals surface area contributed by atoms with E-state index in [1.54, 1.807) is 0 Å². The Labute approximate surface area is 101 Å². The first kappa shape index (κ1) is 13.4. The van der Waals surface area contributed by atoms with Crippen molar-refractivity contribution >= 4 is 6.29 Å². The van der Waals surface area contributed by atoms with Crippen molar-refractivity contribution < 1.29 is 9.72 Å². The predicted octanol–water partition coefficient (Wildman–Crippen LogP) is 2.52. The van der Waals surface area contributed by atoms with E-state index in [1.165, 1.54) is 0 Å². The zero-order chi connectivity index (χ0) is 12.8. The van der Waals surface area contributed by atoms with Crippen LogP contribution in [-0.2, 0) is 4.79 Å². The predicted molar refractivity (Wildman–Crippen MR) is 65.4 cm³/mol. The minimum Gasteiger partial charge on any atom is -0.303 e. The van der Waals surface area contributed by atoms with E-state index in [9.17, 15) is 14.9 Å². The Morgan fingerprint density at radius 3 is 2.29 bits per heavy atom. The largest absolute Gasteiger partial charge is 0.303 e. The lowest BCUT2D eigenvalue weighted by molar-refractivity contribution is -0.484. The maximum absolute atomic E-state index is 11.1. The van der Waals surface area contributed by atoms with Gasteiger partial charge in [0.05, 0.1) is 5.92 Å². The van der Waals surface area contributed by atoms with Gasteiger partial charge in [-0.3, -0.25) is 10.1 Å². The van der Waals surface area contributed by atoms with Gasteiger partial charge in [-0.1, -0.05) is 44.2 Å². The van der Waals surface area contributed by atoms with Crippen LogP contribution in [0.15, 0.2) is 30.3 Å². The molecule has 0 saturated carbocycles. The van der Waals surface area contributed by atoms with Crippen LogP contribution < -0.4 is 0 Å². The van der Waals surface area contributed by atoms with E-state index in [1.807, 2.05) is 44.2 Å². The molecule has 0 spiro atoms. The average Bonchev–Trinajstić information content (AvgIpc) is 2.29. The van der Waals surface area contributed by atoms with Crippen molar-refractivity contribution in [1.29, 1.82) is 0 Å². The Hall–Kier alpha value is -1.71. The Balaban J connectivity index is 3.02. The van der Waals surface area contributed by atoms with Gasteiger partial charge in [0, 0.05) is 10.8 Å². The van der Waals surface area contributed by atoms with Crippen molar-refractivity contribution in [3.05, 3.63) is 46.0 Å². The van der Waals surface area contributed by atoms with E-state index in [4.69, 9.17) is 0 Å². The van der Waals surface area contributed by atoms with E-state index < -0.39 is 0 Å². The van der Waals surface area contributed by atoms with Crippen molar-refractivity contribution in [3.63, 3.8) is 0 Å². The SMILES string of the molecule is CC(C)[C@@H](C=O)[C@H](C[N+](=O)[O-])c1ccccc1. The Morgan fingerprint density at radius 1 is 1.29 bits per heavy atom. The Morgan fingerprint density at radius 2 is 1.88 bits per heavy atom. The molecule has 0 aromatic heterocycles. The van der Waals surface area contributed by atoms with Crippen LogP contribution in [0.25, 0.3) is 0 Å². The minimum atomic E-state index is -0.351. The van der Waals surface area contributed by atoms with Gasteiger partial charge in [0.1, 0.15) is 6.29 Å². The van der Waals surface area contributed by atoms with Gasteiger partial charge < -0.3 is 4.79 Å². The maximum Gasteiger partial charge on any atom is 0.211 e. The van der Waals surface area contributed by atoms with Crippen LogP contribution in [0, 0.1) is 22.0 Å². The number of carbonyl (C=O) groups is 1. The van der Waals surface area contributed by atoms with Gasteiger partial charge in [-0.05, 0) is 11.5 Å². The number of nitro groups is 1. The number of aldehydes is 1. The standard InChI is InChI=1S/C13H17NO3/c1-10(2)13(9-15)12(8-14(16)17)11-6-4-3-5-7-11/h3-7,9-10,12-13H,8H2,1-2H3/t12-,13-/m1/s1. The summed E-state index contributed by atoms with van der Waals surface area (Å²) in [6.07, 6.45) is 0.839. The van der Waals surface area contributed by atoms with Gasteiger partial charge in [0.2, 0.25) is 6.54 Å². The van der Waals surface area contributed by atoms with Crippen LogP contribution in [0.4, 0.5) is 0 Å². The second kappa shape index (κ2) is 6.13. The number of rotatable bonds is 6. The monoisotopic (exact) mass is 235 g/mol. The summed E-state index contributed by atoms with van der Waals surface area (Å²) in [5, 5.41) is 10.7. The highest BCUT2D eigenvalue weighted by atomic mass is 16.6. The van der Waals surface area contributed by atoms with E-state index in [-0.39, 0.29) is 29.2 Å². The van der Waals surface area contributed by atoms with Gasteiger partial charge in [-0.25, -0.2) is 0 Å². The smallest absolute Gasteiger partial charge is 0.211 e. The number of hydrogen-bond acceptors (Lipinski definition) is 3. The molecule has 0 fully saturated rings. The van der Waals surface area contributed by atoms with Crippen LogP contribution in [0.1, 0.15) is 25.3 Å². The number of carbonyl (C=O) groups excluding carboxylic acids is 1. The van der Waals surface area contributed by atoms with Gasteiger partial charge in [-0.2, -0.15) is 0 Å². The van der Waals surface area contributed by atoms with E-state index in [0.717, 1.165) is 11.8 Å². The lowest BCUT2D eigenvalue weighted by atomic mass is 9.80. The molecule has 4 nitrogen and oxygen atoms in total. The molecule has 2 atom stereocenters. The fourth-order valence-electron chi connectivity index (χ4n) is 2.03. The highest BCUT2D eigenvalue weighted by Crippen LogP contribution is 2.29. The summed E-state index contributed by atoms with van der Waals surface area (Å²) in [6, 6.07) is 9.22. The van der Waals surface area contributed by atoms with Gasteiger partial charge in [0.15, 0.2) is 0 Å². The summed E-state index contributed by atoms with van der Waals surface area (Å²) in [5.74, 6) is -0.566. The summed E-state index contributed by atoms with van der Waals surface area (Å²) >= 11 is 0. The molecule has 0 unspecified atom stereocenters. The molecule has 0 aliphatic heterocycles. The third-order valence-electron chi connectivity index (χ3n) is 2.97.